The van der Waals surface area contributed by atoms with Crippen LogP contribution in [0.4, 0.5) is 5.69 Å². The zero-order valence-corrected chi connectivity index (χ0v) is 6.85. The van der Waals surface area contributed by atoms with Crippen LogP contribution in [0.15, 0.2) is 11.6 Å². The quantitative estimate of drug-likeness (QED) is 0.644. The molecule has 11 heavy (non-hydrogen) atoms. The molecule has 0 fully saturated rings. The van der Waals surface area contributed by atoms with Gasteiger partial charge in [0.2, 0.25) is 0 Å². The zero-order valence-electron chi connectivity index (χ0n) is 6.03. The van der Waals surface area contributed by atoms with Crippen LogP contribution in [0.25, 0.3) is 10.3 Å². The molecule has 0 saturated carbocycles. The van der Waals surface area contributed by atoms with Crippen molar-refractivity contribution < 1.29 is 0 Å². The van der Waals surface area contributed by atoms with Crippen molar-refractivity contribution in [3.05, 3.63) is 17.3 Å². The lowest BCUT2D eigenvalue weighted by Crippen LogP contribution is -1.86. The summed E-state index contributed by atoms with van der Waals surface area (Å²) in [6, 6.07) is 0. The Hall–Kier alpha value is -1.16. The summed E-state index contributed by atoms with van der Waals surface area (Å²) in [5, 5.41) is 1.87. The van der Waals surface area contributed by atoms with E-state index in [2.05, 4.69) is 9.97 Å². The Kier molecular flexibility index (Phi) is 1.29. The minimum absolute atomic E-state index is 0.720. The lowest BCUT2D eigenvalue weighted by Gasteiger charge is -1.90. The number of aromatic nitrogens is 2. The molecule has 0 aliphatic rings. The molecule has 3 nitrogen and oxygen atoms in total. The van der Waals surface area contributed by atoms with E-state index < -0.39 is 0 Å². The molecular weight excluding hydrogens is 158 g/mol. The predicted molar refractivity (Wildman–Crippen MR) is 46.6 cm³/mol. The Morgan fingerprint density at radius 3 is 3.18 bits per heavy atom. The smallest absolute Gasteiger partial charge is 0.144 e. The first-order chi connectivity index (χ1) is 5.27. The molecule has 2 heterocycles. The van der Waals surface area contributed by atoms with Crippen LogP contribution in [-0.4, -0.2) is 9.97 Å². The minimum Gasteiger partial charge on any atom is -0.396 e. The Labute approximate surface area is 67.9 Å². The standard InChI is InChI=1S/C7H7N3S/c1-4-2-9-6-5(8)3-11-7(6)10-4/h2-3H,8H2,1H3. The number of fused-ring (bicyclic) bond motifs is 1. The van der Waals surface area contributed by atoms with Gasteiger partial charge in [-0.1, -0.05) is 0 Å². The van der Waals surface area contributed by atoms with Gasteiger partial charge in [-0.15, -0.1) is 11.3 Å². The van der Waals surface area contributed by atoms with Crippen LogP contribution in [0, 0.1) is 6.92 Å². The fraction of sp³-hybridized carbons (Fsp3) is 0.143. The van der Waals surface area contributed by atoms with Crippen LogP contribution in [-0.2, 0) is 0 Å². The number of hydrogen-bond acceptors (Lipinski definition) is 4. The van der Waals surface area contributed by atoms with Crippen molar-refractivity contribution in [2.24, 2.45) is 0 Å². The topological polar surface area (TPSA) is 51.8 Å². The van der Waals surface area contributed by atoms with Crippen LogP contribution in [0.3, 0.4) is 0 Å². The van der Waals surface area contributed by atoms with Gasteiger partial charge in [-0.05, 0) is 6.92 Å². The van der Waals surface area contributed by atoms with Gasteiger partial charge in [0.15, 0.2) is 0 Å². The van der Waals surface area contributed by atoms with Gasteiger partial charge < -0.3 is 5.73 Å². The second-order valence-electron chi connectivity index (χ2n) is 2.36. The number of nitrogens with two attached hydrogens (primary N) is 1. The van der Waals surface area contributed by atoms with Crippen molar-refractivity contribution in [3.63, 3.8) is 0 Å². The first kappa shape index (κ1) is 6.54. The van der Waals surface area contributed by atoms with Crippen LogP contribution in [0.1, 0.15) is 5.69 Å². The van der Waals surface area contributed by atoms with Crippen molar-refractivity contribution in [1.82, 2.24) is 9.97 Å². The highest BCUT2D eigenvalue weighted by molar-refractivity contribution is 7.17. The molecule has 2 N–H and O–H groups in total. The number of nitrogen functional groups attached to an aromatic ring is 1. The van der Waals surface area contributed by atoms with E-state index in [1.54, 1.807) is 6.20 Å². The van der Waals surface area contributed by atoms with Crippen LogP contribution >= 0.6 is 11.3 Å². The maximum absolute atomic E-state index is 5.63. The van der Waals surface area contributed by atoms with Crippen molar-refractivity contribution in [1.29, 1.82) is 0 Å². The molecule has 0 atom stereocenters. The highest BCUT2D eigenvalue weighted by Gasteiger charge is 2.01. The Morgan fingerprint density at radius 2 is 2.36 bits per heavy atom. The first-order valence-electron chi connectivity index (χ1n) is 3.23. The van der Waals surface area contributed by atoms with Crippen molar-refractivity contribution in [2.45, 2.75) is 6.92 Å². The van der Waals surface area contributed by atoms with Crippen LogP contribution < -0.4 is 5.73 Å². The molecule has 56 valence electrons. The van der Waals surface area contributed by atoms with Gasteiger partial charge >= 0.3 is 0 Å². The van der Waals surface area contributed by atoms with E-state index in [9.17, 15) is 0 Å². The number of nitrogens with zero attached hydrogens (tertiary/aromatic N) is 2. The molecule has 4 heteroatoms. The maximum atomic E-state index is 5.63. The Balaban J connectivity index is 2.86. The van der Waals surface area contributed by atoms with Gasteiger partial charge in [-0.3, -0.25) is 0 Å². The summed E-state index contributed by atoms with van der Waals surface area (Å²) in [5.74, 6) is 0. The summed E-state index contributed by atoms with van der Waals surface area (Å²) in [5.41, 5.74) is 8.10. The highest BCUT2D eigenvalue weighted by atomic mass is 32.1. The van der Waals surface area contributed by atoms with E-state index >= 15 is 0 Å². The van der Waals surface area contributed by atoms with Crippen molar-refractivity contribution in [2.75, 3.05) is 5.73 Å². The van der Waals surface area contributed by atoms with Gasteiger partial charge in [0.05, 0.1) is 11.4 Å². The average Bonchev–Trinajstić information content (AvgIpc) is 2.32. The summed E-state index contributed by atoms with van der Waals surface area (Å²) in [4.78, 5) is 9.35. The van der Waals surface area contributed by atoms with E-state index in [1.807, 2.05) is 12.3 Å². The monoisotopic (exact) mass is 165 g/mol. The average molecular weight is 165 g/mol. The third kappa shape index (κ3) is 0.952. The fourth-order valence-electron chi connectivity index (χ4n) is 0.910. The molecular formula is C7H7N3S. The molecule has 2 aromatic heterocycles. The molecule has 0 bridgehead atoms. The molecule has 2 rings (SSSR count). The lowest BCUT2D eigenvalue weighted by molar-refractivity contribution is 1.20. The second kappa shape index (κ2) is 2.17. The molecule has 0 amide bonds. The molecule has 0 aliphatic carbocycles. The number of rotatable bonds is 0. The summed E-state index contributed by atoms with van der Waals surface area (Å²) in [7, 11) is 0. The summed E-state index contributed by atoms with van der Waals surface area (Å²) in [6.07, 6.45) is 1.73. The van der Waals surface area contributed by atoms with Crippen molar-refractivity contribution in [3.8, 4) is 0 Å². The first-order valence-corrected chi connectivity index (χ1v) is 4.11. The van der Waals surface area contributed by atoms with Gasteiger partial charge in [0, 0.05) is 11.6 Å². The lowest BCUT2D eigenvalue weighted by atomic mass is 10.4. The minimum atomic E-state index is 0.720. The van der Waals surface area contributed by atoms with Gasteiger partial charge in [0.25, 0.3) is 0 Å². The normalized spacial score (nSPS) is 10.6. The molecule has 0 unspecified atom stereocenters. The van der Waals surface area contributed by atoms with E-state index in [1.165, 1.54) is 11.3 Å². The van der Waals surface area contributed by atoms with Crippen molar-refractivity contribution >= 4 is 27.4 Å². The Morgan fingerprint density at radius 1 is 1.55 bits per heavy atom. The van der Waals surface area contributed by atoms with Gasteiger partial charge in [-0.25, -0.2) is 9.97 Å². The van der Waals surface area contributed by atoms with Gasteiger partial charge in [-0.2, -0.15) is 0 Å². The number of anilines is 1. The summed E-state index contributed by atoms with van der Waals surface area (Å²) in [6.45, 7) is 1.92. The van der Waals surface area contributed by atoms with E-state index in [0.717, 1.165) is 21.7 Å². The van der Waals surface area contributed by atoms with Crippen LogP contribution in [0.2, 0.25) is 0 Å². The summed E-state index contributed by atoms with van der Waals surface area (Å²) < 4.78 is 0. The highest BCUT2D eigenvalue weighted by Crippen LogP contribution is 2.23. The maximum Gasteiger partial charge on any atom is 0.144 e. The molecule has 0 saturated heterocycles. The predicted octanol–water partition coefficient (Wildman–Crippen LogP) is 1.58. The summed E-state index contributed by atoms with van der Waals surface area (Å²) >= 11 is 1.53. The molecule has 0 aromatic carbocycles. The molecule has 2 aromatic rings. The second-order valence-corrected chi connectivity index (χ2v) is 3.21. The number of thiophene rings is 1. The third-order valence-corrected chi connectivity index (χ3v) is 2.31. The largest absolute Gasteiger partial charge is 0.396 e. The zero-order chi connectivity index (χ0) is 7.84. The third-order valence-electron chi connectivity index (χ3n) is 1.43. The van der Waals surface area contributed by atoms with E-state index in [4.69, 9.17) is 5.73 Å². The Bertz CT molecular complexity index is 393. The molecule has 0 aliphatic heterocycles. The van der Waals surface area contributed by atoms with E-state index in [-0.39, 0.29) is 0 Å². The van der Waals surface area contributed by atoms with Gasteiger partial charge in [0.1, 0.15) is 10.3 Å². The number of hydrogen-bond donors (Lipinski definition) is 1. The molecule has 0 radical (unpaired) electrons. The fourth-order valence-corrected chi connectivity index (χ4v) is 1.74. The number of aryl methyl sites for hydroxylation is 1. The SMILES string of the molecule is Cc1cnc2c(N)csc2n1. The van der Waals surface area contributed by atoms with Crippen LogP contribution in [0.5, 0.6) is 0 Å². The van der Waals surface area contributed by atoms with E-state index in [0.29, 0.717) is 0 Å². The molecule has 0 spiro atoms.